The minimum atomic E-state index is -3.53. The van der Waals surface area contributed by atoms with Crippen LogP contribution in [0.5, 0.6) is 5.75 Å². The SMILES string of the molecule is CCN(CC)S(=O)(=O)c1ccc(C(=O)NCC#Cc2ccc(OC)cc2)cc1. The fourth-order valence-corrected chi connectivity index (χ4v) is 4.00. The second-order valence-corrected chi connectivity index (χ2v) is 7.76. The molecule has 0 heterocycles. The molecule has 6 nitrogen and oxygen atoms in total. The van der Waals surface area contributed by atoms with Gasteiger partial charge in [-0.2, -0.15) is 4.31 Å². The van der Waals surface area contributed by atoms with E-state index in [2.05, 4.69) is 17.2 Å². The van der Waals surface area contributed by atoms with Gasteiger partial charge in [-0.3, -0.25) is 4.79 Å². The third-order valence-corrected chi connectivity index (χ3v) is 6.18. The topological polar surface area (TPSA) is 75.7 Å². The summed E-state index contributed by atoms with van der Waals surface area (Å²) >= 11 is 0. The van der Waals surface area contributed by atoms with Gasteiger partial charge in [0.2, 0.25) is 10.0 Å². The number of hydrogen-bond donors (Lipinski definition) is 1. The van der Waals surface area contributed by atoms with Crippen molar-refractivity contribution in [3.63, 3.8) is 0 Å². The van der Waals surface area contributed by atoms with E-state index in [9.17, 15) is 13.2 Å². The molecule has 0 aliphatic heterocycles. The summed E-state index contributed by atoms with van der Waals surface area (Å²) in [7, 11) is -1.93. The third-order valence-electron chi connectivity index (χ3n) is 4.12. The highest BCUT2D eigenvalue weighted by Gasteiger charge is 2.21. The first kappa shape index (κ1) is 21.5. The molecule has 0 bridgehead atoms. The molecule has 148 valence electrons. The second kappa shape index (κ2) is 9.93. The molecule has 2 aromatic rings. The summed E-state index contributed by atoms with van der Waals surface area (Å²) in [6.45, 7) is 4.55. The third kappa shape index (κ3) is 5.35. The summed E-state index contributed by atoms with van der Waals surface area (Å²) in [5.41, 5.74) is 1.20. The van der Waals surface area contributed by atoms with Crippen molar-refractivity contribution in [3.8, 4) is 17.6 Å². The summed E-state index contributed by atoms with van der Waals surface area (Å²) in [6.07, 6.45) is 0. The molecule has 0 aliphatic carbocycles. The van der Waals surface area contributed by atoms with Gasteiger partial charge in [0.1, 0.15) is 5.75 Å². The van der Waals surface area contributed by atoms with Gasteiger partial charge in [-0.05, 0) is 48.5 Å². The molecule has 0 unspecified atom stereocenters. The van der Waals surface area contributed by atoms with Gasteiger partial charge in [0.05, 0.1) is 18.6 Å². The van der Waals surface area contributed by atoms with Crippen LogP contribution in [0.3, 0.4) is 0 Å². The summed E-state index contributed by atoms with van der Waals surface area (Å²) in [4.78, 5) is 12.4. The van der Waals surface area contributed by atoms with Crippen LogP contribution in [0.25, 0.3) is 0 Å². The molecule has 1 amide bonds. The second-order valence-electron chi connectivity index (χ2n) is 5.83. The van der Waals surface area contributed by atoms with Crippen LogP contribution in [0.2, 0.25) is 0 Å². The Labute approximate surface area is 166 Å². The zero-order valence-corrected chi connectivity index (χ0v) is 17.0. The Balaban J connectivity index is 1.97. The first-order valence-electron chi connectivity index (χ1n) is 8.93. The molecule has 28 heavy (non-hydrogen) atoms. The Morgan fingerprint density at radius 3 is 2.18 bits per heavy atom. The Bertz CT molecular complexity index is 952. The highest BCUT2D eigenvalue weighted by Crippen LogP contribution is 2.16. The Morgan fingerprint density at radius 1 is 1.04 bits per heavy atom. The maximum atomic E-state index is 12.5. The number of amides is 1. The van der Waals surface area contributed by atoms with Crippen LogP contribution in [0, 0.1) is 11.8 Å². The van der Waals surface area contributed by atoms with E-state index in [0.29, 0.717) is 18.7 Å². The molecule has 2 aromatic carbocycles. The highest BCUT2D eigenvalue weighted by molar-refractivity contribution is 7.89. The van der Waals surface area contributed by atoms with E-state index in [1.54, 1.807) is 21.0 Å². The van der Waals surface area contributed by atoms with Crippen molar-refractivity contribution in [1.82, 2.24) is 9.62 Å². The van der Waals surface area contributed by atoms with Gasteiger partial charge in [-0.25, -0.2) is 8.42 Å². The van der Waals surface area contributed by atoms with Crippen molar-refractivity contribution in [2.75, 3.05) is 26.7 Å². The van der Waals surface area contributed by atoms with E-state index < -0.39 is 10.0 Å². The van der Waals surface area contributed by atoms with Gasteiger partial charge >= 0.3 is 0 Å². The molecular formula is C21H24N2O4S. The van der Waals surface area contributed by atoms with Crippen molar-refractivity contribution in [2.45, 2.75) is 18.7 Å². The molecule has 0 saturated carbocycles. The minimum absolute atomic E-state index is 0.173. The monoisotopic (exact) mass is 400 g/mol. The number of carbonyl (C=O) groups excluding carboxylic acids is 1. The maximum absolute atomic E-state index is 12.5. The lowest BCUT2D eigenvalue weighted by molar-refractivity contribution is 0.0958. The Kier molecular flexibility index (Phi) is 7.61. The van der Waals surface area contributed by atoms with Gasteiger partial charge < -0.3 is 10.1 Å². The smallest absolute Gasteiger partial charge is 0.252 e. The Morgan fingerprint density at radius 2 is 1.64 bits per heavy atom. The number of nitrogens with one attached hydrogen (secondary N) is 1. The molecule has 2 rings (SSSR count). The van der Waals surface area contributed by atoms with Gasteiger partial charge in [0.15, 0.2) is 0 Å². The molecule has 1 N–H and O–H groups in total. The fourth-order valence-electron chi connectivity index (χ4n) is 2.54. The van der Waals surface area contributed by atoms with E-state index in [4.69, 9.17) is 4.74 Å². The lowest BCUT2D eigenvalue weighted by Gasteiger charge is -2.18. The summed E-state index contributed by atoms with van der Waals surface area (Å²) < 4.78 is 31.4. The molecule has 0 saturated heterocycles. The summed E-state index contributed by atoms with van der Waals surface area (Å²) in [5, 5.41) is 2.70. The number of benzene rings is 2. The zero-order valence-electron chi connectivity index (χ0n) is 16.2. The number of methoxy groups -OCH3 is 1. The predicted octanol–water partition coefficient (Wildman–Crippen LogP) is 2.51. The van der Waals surface area contributed by atoms with E-state index >= 15 is 0 Å². The average Bonchev–Trinajstić information content (AvgIpc) is 2.72. The van der Waals surface area contributed by atoms with Crippen LogP contribution in [0.4, 0.5) is 0 Å². The van der Waals surface area contributed by atoms with Crippen molar-refractivity contribution in [1.29, 1.82) is 0 Å². The van der Waals surface area contributed by atoms with E-state index in [1.807, 2.05) is 24.3 Å². The molecule has 0 aliphatic rings. The van der Waals surface area contributed by atoms with Crippen molar-refractivity contribution < 1.29 is 17.9 Å². The number of ether oxygens (including phenoxy) is 1. The number of rotatable bonds is 7. The molecule has 0 atom stereocenters. The lowest BCUT2D eigenvalue weighted by Crippen LogP contribution is -2.30. The molecule has 0 radical (unpaired) electrons. The number of hydrogen-bond acceptors (Lipinski definition) is 4. The predicted molar refractivity (Wildman–Crippen MR) is 109 cm³/mol. The van der Waals surface area contributed by atoms with Crippen LogP contribution in [-0.4, -0.2) is 45.4 Å². The van der Waals surface area contributed by atoms with Crippen molar-refractivity contribution in [3.05, 3.63) is 59.7 Å². The van der Waals surface area contributed by atoms with Crippen molar-refractivity contribution in [2.24, 2.45) is 0 Å². The zero-order chi connectivity index (χ0) is 20.6. The number of sulfonamides is 1. The quantitative estimate of drug-likeness (QED) is 0.725. The molecule has 0 spiro atoms. The average molecular weight is 401 g/mol. The summed E-state index contributed by atoms with van der Waals surface area (Å²) in [5.74, 6) is 6.28. The summed E-state index contributed by atoms with van der Waals surface area (Å²) in [6, 6.07) is 13.2. The van der Waals surface area contributed by atoms with Crippen molar-refractivity contribution >= 4 is 15.9 Å². The Hall–Kier alpha value is -2.82. The molecule has 7 heteroatoms. The van der Waals surface area contributed by atoms with Crippen LogP contribution in [0.15, 0.2) is 53.4 Å². The normalized spacial score (nSPS) is 10.9. The van der Waals surface area contributed by atoms with Gasteiger partial charge in [0.25, 0.3) is 5.91 Å². The molecular weight excluding hydrogens is 376 g/mol. The van der Waals surface area contributed by atoms with Gasteiger partial charge in [-0.1, -0.05) is 25.7 Å². The van der Waals surface area contributed by atoms with E-state index in [0.717, 1.165) is 11.3 Å². The van der Waals surface area contributed by atoms with E-state index in [1.165, 1.54) is 28.6 Å². The van der Waals surface area contributed by atoms with Crippen LogP contribution < -0.4 is 10.1 Å². The first-order chi connectivity index (χ1) is 13.4. The van der Waals surface area contributed by atoms with Crippen LogP contribution >= 0.6 is 0 Å². The fraction of sp³-hybridized carbons (Fsp3) is 0.286. The van der Waals surface area contributed by atoms with Gasteiger partial charge in [0, 0.05) is 24.2 Å². The van der Waals surface area contributed by atoms with E-state index in [-0.39, 0.29) is 17.3 Å². The first-order valence-corrected chi connectivity index (χ1v) is 10.4. The lowest BCUT2D eigenvalue weighted by atomic mass is 10.2. The standard InChI is InChI=1S/C21H24N2O4S/c1-4-23(5-2)28(25,26)20-14-10-18(11-15-20)21(24)22-16-6-7-17-8-12-19(27-3)13-9-17/h8-15H,4-5,16H2,1-3H3,(H,22,24). The number of carbonyl (C=O) groups is 1. The molecule has 0 aromatic heterocycles. The number of nitrogens with zero attached hydrogens (tertiary/aromatic N) is 1. The van der Waals surface area contributed by atoms with Crippen LogP contribution in [-0.2, 0) is 10.0 Å². The molecule has 0 fully saturated rings. The maximum Gasteiger partial charge on any atom is 0.252 e. The van der Waals surface area contributed by atoms with Gasteiger partial charge in [-0.15, -0.1) is 0 Å². The minimum Gasteiger partial charge on any atom is -0.497 e. The van der Waals surface area contributed by atoms with Crippen LogP contribution in [0.1, 0.15) is 29.8 Å². The highest BCUT2D eigenvalue weighted by atomic mass is 32.2. The largest absolute Gasteiger partial charge is 0.497 e.